The Labute approximate surface area is 143 Å². The molecule has 7 nitrogen and oxygen atoms in total. The first-order valence-electron chi connectivity index (χ1n) is 7.36. The molecule has 1 N–H and O–H groups in total. The molecule has 25 heavy (non-hydrogen) atoms. The number of hydroxylamine groups is 2. The Morgan fingerprint density at radius 3 is 2.20 bits per heavy atom. The van der Waals surface area contributed by atoms with Crippen molar-refractivity contribution in [2.75, 3.05) is 21.3 Å². The second-order valence-electron chi connectivity index (χ2n) is 5.47. The molecule has 1 aliphatic rings. The van der Waals surface area contributed by atoms with Crippen LogP contribution in [0.5, 0.6) is 11.5 Å². The average molecular weight is 341 g/mol. The molecule has 3 rings (SSSR count). The highest BCUT2D eigenvalue weighted by Gasteiger charge is 2.35. The van der Waals surface area contributed by atoms with Crippen LogP contribution in [0.25, 0.3) is 0 Å². The van der Waals surface area contributed by atoms with Crippen LogP contribution in [0.2, 0.25) is 0 Å². The third-order valence-corrected chi connectivity index (χ3v) is 4.05. The van der Waals surface area contributed by atoms with Crippen molar-refractivity contribution in [1.29, 1.82) is 0 Å². The molecule has 0 spiro atoms. The van der Waals surface area contributed by atoms with E-state index < -0.39 is 17.5 Å². The van der Waals surface area contributed by atoms with Crippen LogP contribution < -0.4 is 9.47 Å². The molecule has 7 heteroatoms. The van der Waals surface area contributed by atoms with E-state index in [0.717, 1.165) is 0 Å². The number of methoxy groups -OCH3 is 2. The van der Waals surface area contributed by atoms with Crippen LogP contribution in [0.4, 0.5) is 0 Å². The zero-order valence-electron chi connectivity index (χ0n) is 13.8. The molecule has 1 amide bonds. The zero-order chi connectivity index (χ0) is 18.3. The highest BCUT2D eigenvalue weighted by molar-refractivity contribution is 6.30. The minimum absolute atomic E-state index is 0.0353. The summed E-state index contributed by atoms with van der Waals surface area (Å²) in [4.78, 5) is 37.9. The minimum atomic E-state index is -0.724. The van der Waals surface area contributed by atoms with Crippen molar-refractivity contribution in [2.24, 2.45) is 0 Å². The Morgan fingerprint density at radius 1 is 0.960 bits per heavy atom. The van der Waals surface area contributed by atoms with Crippen molar-refractivity contribution in [1.82, 2.24) is 5.06 Å². The lowest BCUT2D eigenvalue weighted by molar-refractivity contribution is -0.0375. The van der Waals surface area contributed by atoms with Crippen molar-refractivity contribution < 1.29 is 29.1 Å². The van der Waals surface area contributed by atoms with Crippen molar-refractivity contribution >= 4 is 17.5 Å². The summed E-state index contributed by atoms with van der Waals surface area (Å²) in [6.07, 6.45) is 0. The number of carbonyl (C=O) groups is 3. The molecule has 1 aliphatic carbocycles. The van der Waals surface area contributed by atoms with Crippen molar-refractivity contribution in [3.05, 3.63) is 58.1 Å². The molecular formula is C18H15NO6. The number of fused-ring (bicyclic) bond motifs is 2. The van der Waals surface area contributed by atoms with Gasteiger partial charge >= 0.3 is 0 Å². The van der Waals surface area contributed by atoms with Crippen LogP contribution in [0.3, 0.4) is 0 Å². The number of hydrogen-bond acceptors (Lipinski definition) is 6. The molecule has 2 aromatic rings. The maximum atomic E-state index is 13.0. The van der Waals surface area contributed by atoms with Gasteiger partial charge in [0.05, 0.1) is 25.3 Å². The topological polar surface area (TPSA) is 93.1 Å². The van der Waals surface area contributed by atoms with Gasteiger partial charge in [0.2, 0.25) is 5.78 Å². The van der Waals surface area contributed by atoms with Gasteiger partial charge in [0.25, 0.3) is 5.91 Å². The van der Waals surface area contributed by atoms with Crippen molar-refractivity contribution in [3.8, 4) is 11.5 Å². The molecule has 0 heterocycles. The standard InChI is InChI=1S/C18H15NO6/c1-19(23)18(22)9-7-11-15(13(8-9)25-3)17(21)14-10(16(11)20)5-4-6-12(14)24-2/h4-8,23H,1-3H3. The van der Waals surface area contributed by atoms with Crippen molar-refractivity contribution in [2.45, 2.75) is 0 Å². The van der Waals surface area contributed by atoms with Crippen LogP contribution in [0, 0.1) is 0 Å². The number of amides is 1. The largest absolute Gasteiger partial charge is 0.496 e. The molecule has 0 fully saturated rings. The van der Waals surface area contributed by atoms with Gasteiger partial charge in [-0.15, -0.1) is 0 Å². The average Bonchev–Trinajstić information content (AvgIpc) is 2.63. The lowest BCUT2D eigenvalue weighted by Crippen LogP contribution is -2.26. The summed E-state index contributed by atoms with van der Waals surface area (Å²) < 4.78 is 10.4. The molecule has 2 aromatic carbocycles. The zero-order valence-corrected chi connectivity index (χ0v) is 13.8. The quantitative estimate of drug-likeness (QED) is 0.578. The fraction of sp³-hybridized carbons (Fsp3) is 0.167. The van der Waals surface area contributed by atoms with Gasteiger partial charge in [0.15, 0.2) is 5.78 Å². The van der Waals surface area contributed by atoms with Crippen LogP contribution in [-0.4, -0.2) is 49.0 Å². The summed E-state index contributed by atoms with van der Waals surface area (Å²) in [5, 5.41) is 9.76. The van der Waals surface area contributed by atoms with E-state index in [9.17, 15) is 19.6 Å². The first kappa shape index (κ1) is 16.7. The monoisotopic (exact) mass is 341 g/mol. The number of rotatable bonds is 3. The van der Waals surface area contributed by atoms with E-state index in [1.807, 2.05) is 0 Å². The van der Waals surface area contributed by atoms with Gasteiger partial charge in [-0.2, -0.15) is 0 Å². The summed E-state index contributed by atoms with van der Waals surface area (Å²) in [7, 11) is 3.92. The van der Waals surface area contributed by atoms with E-state index in [1.54, 1.807) is 12.1 Å². The Morgan fingerprint density at radius 2 is 1.60 bits per heavy atom. The van der Waals surface area contributed by atoms with Gasteiger partial charge in [-0.05, 0) is 18.2 Å². The number of benzene rings is 2. The Balaban J connectivity index is 2.29. The van der Waals surface area contributed by atoms with E-state index in [4.69, 9.17) is 9.47 Å². The smallest absolute Gasteiger partial charge is 0.277 e. The number of hydrogen-bond donors (Lipinski definition) is 1. The Bertz CT molecular complexity index is 916. The first-order valence-corrected chi connectivity index (χ1v) is 7.36. The fourth-order valence-corrected chi connectivity index (χ4v) is 2.89. The minimum Gasteiger partial charge on any atom is -0.496 e. The molecule has 0 bridgehead atoms. The number of nitrogens with zero attached hydrogens (tertiary/aromatic N) is 1. The predicted molar refractivity (Wildman–Crippen MR) is 86.7 cm³/mol. The third kappa shape index (κ3) is 2.45. The molecular weight excluding hydrogens is 326 g/mol. The van der Waals surface area contributed by atoms with Gasteiger partial charge in [0.1, 0.15) is 11.5 Å². The van der Waals surface area contributed by atoms with E-state index >= 15 is 0 Å². The number of carbonyl (C=O) groups excluding carboxylic acids is 3. The maximum Gasteiger partial charge on any atom is 0.277 e. The van der Waals surface area contributed by atoms with Crippen LogP contribution in [0.1, 0.15) is 42.2 Å². The van der Waals surface area contributed by atoms with E-state index in [0.29, 0.717) is 10.8 Å². The lowest BCUT2D eigenvalue weighted by atomic mass is 9.82. The Kier molecular flexibility index (Phi) is 4.02. The Hall–Kier alpha value is -3.19. The van der Waals surface area contributed by atoms with E-state index in [-0.39, 0.29) is 33.6 Å². The second kappa shape index (κ2) is 6.03. The first-order chi connectivity index (χ1) is 11.9. The lowest BCUT2D eigenvalue weighted by Gasteiger charge is -2.22. The molecule has 0 saturated carbocycles. The van der Waals surface area contributed by atoms with Gasteiger partial charge in [-0.3, -0.25) is 19.6 Å². The van der Waals surface area contributed by atoms with Gasteiger partial charge < -0.3 is 9.47 Å². The second-order valence-corrected chi connectivity index (χ2v) is 5.47. The van der Waals surface area contributed by atoms with Gasteiger partial charge in [-0.25, -0.2) is 5.06 Å². The van der Waals surface area contributed by atoms with Crippen LogP contribution in [0.15, 0.2) is 30.3 Å². The fourth-order valence-electron chi connectivity index (χ4n) is 2.89. The summed E-state index contributed by atoms with van der Waals surface area (Å²) in [5.41, 5.74) is 0.519. The molecule has 0 unspecified atom stereocenters. The summed E-state index contributed by atoms with van der Waals surface area (Å²) in [5.74, 6) is -1.19. The molecule has 0 saturated heterocycles. The number of ketones is 2. The predicted octanol–water partition coefficient (Wildman–Crippen LogP) is 1.94. The molecule has 0 aromatic heterocycles. The molecule has 0 aliphatic heterocycles. The molecule has 0 radical (unpaired) electrons. The maximum absolute atomic E-state index is 13.0. The third-order valence-electron chi connectivity index (χ3n) is 4.05. The summed E-state index contributed by atoms with van der Waals surface area (Å²) in [6.45, 7) is 0. The van der Waals surface area contributed by atoms with Crippen LogP contribution in [-0.2, 0) is 0 Å². The van der Waals surface area contributed by atoms with Crippen molar-refractivity contribution in [3.63, 3.8) is 0 Å². The van der Waals surface area contributed by atoms with Crippen LogP contribution >= 0.6 is 0 Å². The SMILES string of the molecule is COc1cccc2c1C(=O)c1c(OC)cc(C(=O)N(C)O)cc1C2=O. The molecule has 128 valence electrons. The van der Waals surface area contributed by atoms with Gasteiger partial charge in [0, 0.05) is 23.7 Å². The van der Waals surface area contributed by atoms with E-state index in [2.05, 4.69) is 0 Å². The highest BCUT2D eigenvalue weighted by Crippen LogP contribution is 2.38. The molecule has 0 atom stereocenters. The van der Waals surface area contributed by atoms with E-state index in [1.165, 1.54) is 39.5 Å². The number of ether oxygens (including phenoxy) is 2. The van der Waals surface area contributed by atoms with Gasteiger partial charge in [-0.1, -0.05) is 12.1 Å². The summed E-state index contributed by atoms with van der Waals surface area (Å²) >= 11 is 0. The highest BCUT2D eigenvalue weighted by atomic mass is 16.5. The summed E-state index contributed by atoms with van der Waals surface area (Å²) in [6, 6.07) is 7.34. The normalized spacial score (nSPS) is 12.3.